The third-order valence-corrected chi connectivity index (χ3v) is 2.27. The Bertz CT molecular complexity index is 443. The molecule has 0 spiro atoms. The molecule has 0 aromatic rings. The molecule has 120 valence electrons. The van der Waals surface area contributed by atoms with Crippen molar-refractivity contribution in [3.8, 4) is 0 Å². The van der Waals surface area contributed by atoms with Gasteiger partial charge in [0, 0.05) is 18.1 Å². The van der Waals surface area contributed by atoms with E-state index in [0.717, 1.165) is 7.11 Å². The highest BCUT2D eigenvalue weighted by Crippen LogP contribution is 2.18. The van der Waals surface area contributed by atoms with Gasteiger partial charge in [0.25, 0.3) is 5.66 Å². The van der Waals surface area contributed by atoms with Gasteiger partial charge in [-0.2, -0.15) is 0 Å². The maximum absolute atomic E-state index is 11.8. The van der Waals surface area contributed by atoms with Gasteiger partial charge in [-0.1, -0.05) is 0 Å². The smallest absolute Gasteiger partial charge is 0.355 e. The van der Waals surface area contributed by atoms with E-state index in [-0.39, 0.29) is 30.5 Å². The Labute approximate surface area is 119 Å². The highest BCUT2D eigenvalue weighted by atomic mass is 16.7. The number of carbonyl (C=O) groups is 1. The number of hydrazone groups is 1. The second kappa shape index (κ2) is 7.68. The molecule has 0 aromatic carbocycles. The Balaban J connectivity index is 5.30. The fraction of sp³-hybridized carbons (Fsp3) is 0.625. The predicted molar refractivity (Wildman–Crippen MR) is 73.5 cm³/mol. The van der Waals surface area contributed by atoms with Gasteiger partial charge in [-0.3, -0.25) is 10.7 Å². The molecule has 0 rings (SSSR count). The van der Waals surface area contributed by atoms with Crippen LogP contribution in [0.2, 0.25) is 0 Å². The SMILES string of the molecule is COC(=O)[C@](N)(CCCN=C(N)N)N(N=C(N)N)[N+](=O)[O-]. The topological polar surface area (TPSA) is 228 Å². The second-order valence-electron chi connectivity index (χ2n) is 3.88. The number of nitrogens with two attached hydrogens (primary N) is 5. The lowest BCUT2D eigenvalue weighted by Crippen LogP contribution is -2.62. The van der Waals surface area contributed by atoms with Crippen LogP contribution in [0.4, 0.5) is 0 Å². The Kier molecular flexibility index (Phi) is 6.65. The maximum atomic E-state index is 11.8. The number of esters is 1. The number of hydrazine groups is 1. The third kappa shape index (κ3) is 5.35. The summed E-state index contributed by atoms with van der Waals surface area (Å²) in [4.78, 5) is 26.4. The summed E-state index contributed by atoms with van der Waals surface area (Å²) in [6, 6.07) is 0. The van der Waals surface area contributed by atoms with Gasteiger partial charge in [0.1, 0.15) is 0 Å². The van der Waals surface area contributed by atoms with Crippen molar-refractivity contribution in [2.75, 3.05) is 13.7 Å². The van der Waals surface area contributed by atoms with Gasteiger partial charge in [0.15, 0.2) is 5.96 Å². The number of nitrogens with zero attached hydrogens (tertiary/aromatic N) is 4. The summed E-state index contributed by atoms with van der Waals surface area (Å²) in [5.74, 6) is -1.89. The molecule has 0 unspecified atom stereocenters. The summed E-state index contributed by atoms with van der Waals surface area (Å²) < 4.78 is 4.46. The molecular formula is C8H19N9O4. The maximum Gasteiger partial charge on any atom is 0.355 e. The fourth-order valence-corrected chi connectivity index (χ4v) is 1.40. The van der Waals surface area contributed by atoms with E-state index in [9.17, 15) is 14.9 Å². The van der Waals surface area contributed by atoms with E-state index in [1.54, 1.807) is 0 Å². The molecule has 0 saturated carbocycles. The lowest BCUT2D eigenvalue weighted by Gasteiger charge is -2.28. The summed E-state index contributed by atoms with van der Waals surface area (Å²) in [6.45, 7) is 0.103. The molecule has 21 heavy (non-hydrogen) atoms. The first-order valence-electron chi connectivity index (χ1n) is 5.62. The molecule has 0 radical (unpaired) electrons. The average molecular weight is 305 g/mol. The quantitative estimate of drug-likeness (QED) is 0.0566. The van der Waals surface area contributed by atoms with E-state index in [1.807, 2.05) is 0 Å². The molecule has 0 aromatic heterocycles. The summed E-state index contributed by atoms with van der Waals surface area (Å²) in [5, 5.41) is 13.2. The molecule has 0 amide bonds. The number of hydrogen-bond donors (Lipinski definition) is 5. The molecule has 1 atom stereocenters. The van der Waals surface area contributed by atoms with Crippen LogP contribution in [0.3, 0.4) is 0 Å². The van der Waals surface area contributed by atoms with Crippen molar-refractivity contribution in [3.05, 3.63) is 10.1 Å². The molecule has 0 aliphatic carbocycles. The van der Waals surface area contributed by atoms with E-state index < -0.39 is 22.6 Å². The van der Waals surface area contributed by atoms with Gasteiger partial charge in [0.05, 0.1) is 17.2 Å². The zero-order chi connectivity index (χ0) is 16.6. The number of nitro groups is 1. The first-order valence-corrected chi connectivity index (χ1v) is 5.62. The molecule has 0 bridgehead atoms. The van der Waals surface area contributed by atoms with Crippen LogP contribution in [0.5, 0.6) is 0 Å². The van der Waals surface area contributed by atoms with Crippen LogP contribution in [0.1, 0.15) is 12.8 Å². The fourth-order valence-electron chi connectivity index (χ4n) is 1.40. The van der Waals surface area contributed by atoms with Crippen molar-refractivity contribution in [1.82, 2.24) is 5.12 Å². The number of ether oxygens (including phenoxy) is 1. The Morgan fingerprint density at radius 1 is 1.33 bits per heavy atom. The zero-order valence-electron chi connectivity index (χ0n) is 11.4. The largest absolute Gasteiger partial charge is 0.466 e. The highest BCUT2D eigenvalue weighted by molar-refractivity contribution is 5.80. The molecule has 0 heterocycles. The summed E-state index contributed by atoms with van der Waals surface area (Å²) in [5.41, 5.74) is 24.0. The molecule has 0 aliphatic heterocycles. The van der Waals surface area contributed by atoms with E-state index in [4.69, 9.17) is 28.7 Å². The van der Waals surface area contributed by atoms with E-state index in [2.05, 4.69) is 14.8 Å². The number of aliphatic imine (C=N–C) groups is 1. The summed E-state index contributed by atoms with van der Waals surface area (Å²) >= 11 is 0. The van der Waals surface area contributed by atoms with Crippen molar-refractivity contribution < 1.29 is 14.6 Å². The van der Waals surface area contributed by atoms with Crippen molar-refractivity contribution in [3.63, 3.8) is 0 Å². The van der Waals surface area contributed by atoms with Crippen LogP contribution in [-0.4, -0.2) is 47.4 Å². The number of methoxy groups -OCH3 is 1. The first-order chi connectivity index (χ1) is 9.65. The van der Waals surface area contributed by atoms with Gasteiger partial charge in [-0.25, -0.2) is 4.79 Å². The van der Waals surface area contributed by atoms with Crippen LogP contribution in [-0.2, 0) is 9.53 Å². The van der Waals surface area contributed by atoms with Crippen LogP contribution >= 0.6 is 0 Å². The molecule has 13 heteroatoms. The number of carbonyl (C=O) groups excluding carboxylic acids is 1. The standard InChI is InChI=1S/C8H19N9O4/c1-21-5(18)8(13,3-2-4-14-6(9)10)16(17(19)20)15-7(11)12/h2-4,13H2,1H3,(H4,9,10,14)(H4,11,12,15)/t8-/m0/s1. The normalized spacial score (nSPS) is 12.7. The van der Waals surface area contributed by atoms with Crippen molar-refractivity contribution in [1.29, 1.82) is 0 Å². The first kappa shape index (κ1) is 18.2. The minimum absolute atomic E-state index is 0.0453. The zero-order valence-corrected chi connectivity index (χ0v) is 11.4. The number of rotatable bonds is 8. The molecule has 0 aliphatic rings. The van der Waals surface area contributed by atoms with Crippen LogP contribution in [0, 0.1) is 10.1 Å². The molecular weight excluding hydrogens is 286 g/mol. The van der Waals surface area contributed by atoms with Crippen LogP contribution < -0.4 is 28.7 Å². The molecule has 10 N–H and O–H groups in total. The van der Waals surface area contributed by atoms with E-state index in [0.29, 0.717) is 0 Å². The van der Waals surface area contributed by atoms with Crippen LogP contribution in [0.25, 0.3) is 0 Å². The molecule has 0 fully saturated rings. The summed E-state index contributed by atoms with van der Waals surface area (Å²) in [7, 11) is 1.02. The van der Waals surface area contributed by atoms with Crippen LogP contribution in [0.15, 0.2) is 10.1 Å². The molecule has 13 nitrogen and oxygen atoms in total. The minimum atomic E-state index is -2.21. The third-order valence-electron chi connectivity index (χ3n) is 2.27. The van der Waals surface area contributed by atoms with E-state index in [1.165, 1.54) is 0 Å². The number of guanidine groups is 2. The molecule has 0 saturated heterocycles. The Morgan fingerprint density at radius 2 is 1.90 bits per heavy atom. The highest BCUT2D eigenvalue weighted by Gasteiger charge is 2.49. The minimum Gasteiger partial charge on any atom is -0.466 e. The number of hydrogen-bond acceptors (Lipinski definition) is 7. The van der Waals surface area contributed by atoms with Crippen molar-refractivity contribution >= 4 is 17.9 Å². The van der Waals surface area contributed by atoms with Gasteiger partial charge >= 0.3 is 11.9 Å². The lowest BCUT2D eigenvalue weighted by molar-refractivity contribution is -0.673. The van der Waals surface area contributed by atoms with Gasteiger partial charge in [-0.15, -0.1) is 0 Å². The monoisotopic (exact) mass is 305 g/mol. The van der Waals surface area contributed by atoms with Gasteiger partial charge in [0.2, 0.25) is 0 Å². The lowest BCUT2D eigenvalue weighted by atomic mass is 10.1. The predicted octanol–water partition coefficient (Wildman–Crippen LogP) is -3.45. The Morgan fingerprint density at radius 3 is 2.29 bits per heavy atom. The van der Waals surface area contributed by atoms with E-state index >= 15 is 0 Å². The summed E-state index contributed by atoms with van der Waals surface area (Å²) in [6.07, 6.45) is -0.0813. The second-order valence-corrected chi connectivity index (χ2v) is 3.88. The van der Waals surface area contributed by atoms with Crippen molar-refractivity contribution in [2.45, 2.75) is 18.5 Å². The average Bonchev–Trinajstić information content (AvgIpc) is 2.39. The van der Waals surface area contributed by atoms with Gasteiger partial charge in [-0.05, 0) is 6.42 Å². The van der Waals surface area contributed by atoms with Crippen molar-refractivity contribution in [2.24, 2.45) is 38.8 Å². The van der Waals surface area contributed by atoms with Gasteiger partial charge < -0.3 is 37.8 Å². The Hall–Kier alpha value is -2.83.